The quantitative estimate of drug-likeness (QED) is 0.424. The average molecular weight is 421 g/mol. The Morgan fingerprint density at radius 3 is 2.35 bits per heavy atom. The molecule has 0 spiro atoms. The molecule has 1 amide bonds. The van der Waals surface area contributed by atoms with Gasteiger partial charge >= 0.3 is 0 Å². The molecule has 0 radical (unpaired) electrons. The zero-order chi connectivity index (χ0) is 22.1. The molecular formula is C23H23N3O5. The second-order valence-corrected chi connectivity index (χ2v) is 6.49. The third-order valence-corrected chi connectivity index (χ3v) is 4.32. The van der Waals surface area contributed by atoms with Crippen molar-refractivity contribution in [2.24, 2.45) is 5.10 Å². The summed E-state index contributed by atoms with van der Waals surface area (Å²) in [5.74, 6) is 0.988. The molecule has 31 heavy (non-hydrogen) atoms. The van der Waals surface area contributed by atoms with Gasteiger partial charge in [-0.15, -0.1) is 0 Å². The minimum absolute atomic E-state index is 0.129. The lowest BCUT2D eigenvalue weighted by molar-refractivity contribution is -0.121. The first kappa shape index (κ1) is 21.6. The monoisotopic (exact) mass is 421 g/mol. The summed E-state index contributed by atoms with van der Waals surface area (Å²) in [6.45, 7) is 0.228. The maximum atomic E-state index is 12.0. The Balaban J connectivity index is 1.69. The van der Waals surface area contributed by atoms with Crippen molar-refractivity contribution in [1.82, 2.24) is 9.99 Å². The van der Waals surface area contributed by atoms with Gasteiger partial charge in [0.2, 0.25) is 5.75 Å². The summed E-state index contributed by atoms with van der Waals surface area (Å²) < 4.78 is 18.1. The fourth-order valence-corrected chi connectivity index (χ4v) is 2.81. The highest BCUT2D eigenvalue weighted by molar-refractivity contribution is 5.84. The van der Waals surface area contributed by atoms with Crippen molar-refractivity contribution in [3.63, 3.8) is 0 Å². The molecule has 0 saturated heterocycles. The Hall–Kier alpha value is -4.07. The molecule has 1 aromatic heterocycles. The third kappa shape index (κ3) is 5.96. The first-order valence-corrected chi connectivity index (χ1v) is 9.51. The topological polar surface area (TPSA) is 91.2 Å². The van der Waals surface area contributed by atoms with Crippen LogP contribution in [0.15, 0.2) is 76.8 Å². The number of pyridine rings is 1. The molecule has 1 N–H and O–H groups in total. The van der Waals surface area contributed by atoms with E-state index in [1.807, 2.05) is 30.3 Å². The van der Waals surface area contributed by atoms with Crippen molar-refractivity contribution in [3.05, 3.63) is 88.3 Å². The smallest absolute Gasteiger partial charge is 0.260 e. The molecule has 1 heterocycles. The molecule has 3 rings (SSSR count). The highest BCUT2D eigenvalue weighted by atomic mass is 16.5. The number of carbonyl (C=O) groups excluding carboxylic acids is 1. The Morgan fingerprint density at radius 2 is 1.71 bits per heavy atom. The van der Waals surface area contributed by atoms with Crippen molar-refractivity contribution in [3.8, 4) is 17.2 Å². The number of methoxy groups -OCH3 is 2. The molecule has 8 nitrogen and oxygen atoms in total. The van der Waals surface area contributed by atoms with Gasteiger partial charge < -0.3 is 18.8 Å². The number of aromatic nitrogens is 1. The van der Waals surface area contributed by atoms with Crippen LogP contribution in [0.4, 0.5) is 0 Å². The van der Waals surface area contributed by atoms with Gasteiger partial charge in [0, 0.05) is 17.8 Å². The molecule has 160 valence electrons. The number of amides is 1. The molecule has 0 unspecified atom stereocenters. The third-order valence-electron chi connectivity index (χ3n) is 4.32. The van der Waals surface area contributed by atoms with Crippen molar-refractivity contribution >= 4 is 12.1 Å². The lowest BCUT2D eigenvalue weighted by Gasteiger charge is -2.15. The van der Waals surface area contributed by atoms with Gasteiger partial charge in [0.25, 0.3) is 11.5 Å². The van der Waals surface area contributed by atoms with E-state index in [4.69, 9.17) is 14.2 Å². The predicted octanol–water partition coefficient (Wildman–Crippen LogP) is 2.59. The first-order valence-electron chi connectivity index (χ1n) is 9.51. The zero-order valence-corrected chi connectivity index (χ0v) is 17.3. The van der Waals surface area contributed by atoms with E-state index in [0.29, 0.717) is 29.4 Å². The van der Waals surface area contributed by atoms with Crippen LogP contribution in [0.3, 0.4) is 0 Å². The minimum Gasteiger partial charge on any atom is -0.493 e. The Bertz CT molecular complexity index is 1080. The van der Waals surface area contributed by atoms with E-state index in [2.05, 4.69) is 10.5 Å². The van der Waals surface area contributed by atoms with Gasteiger partial charge in [0.1, 0.15) is 13.2 Å². The maximum absolute atomic E-state index is 12.0. The van der Waals surface area contributed by atoms with Gasteiger partial charge in [0.05, 0.1) is 20.4 Å². The summed E-state index contributed by atoms with van der Waals surface area (Å²) in [5.41, 5.74) is 3.79. The van der Waals surface area contributed by atoms with E-state index in [1.54, 1.807) is 24.3 Å². The fraction of sp³-hybridized carbons (Fsp3) is 0.174. The van der Waals surface area contributed by atoms with Crippen molar-refractivity contribution in [1.29, 1.82) is 0 Å². The van der Waals surface area contributed by atoms with Crippen LogP contribution in [0, 0.1) is 0 Å². The number of hydrogen-bond donors (Lipinski definition) is 1. The van der Waals surface area contributed by atoms with Crippen LogP contribution in [-0.2, 0) is 17.9 Å². The van der Waals surface area contributed by atoms with Gasteiger partial charge in [-0.3, -0.25) is 9.59 Å². The number of nitrogens with one attached hydrogen (secondary N) is 1. The molecule has 0 saturated carbocycles. The van der Waals surface area contributed by atoms with E-state index in [0.717, 1.165) is 5.56 Å². The number of hydrogen-bond acceptors (Lipinski definition) is 6. The van der Waals surface area contributed by atoms with Crippen molar-refractivity contribution in [2.45, 2.75) is 13.2 Å². The SMILES string of the molecule is COc1cc(/C=N\NC(=O)Cn2ccccc2=O)cc(OC)c1OCc1ccccc1. The molecular weight excluding hydrogens is 398 g/mol. The van der Waals surface area contributed by atoms with Gasteiger partial charge in [-0.1, -0.05) is 36.4 Å². The number of nitrogens with zero attached hydrogens (tertiary/aromatic N) is 2. The standard InChI is InChI=1S/C23H23N3O5/c1-29-19-12-18(14-24-25-21(27)15-26-11-7-6-10-22(26)28)13-20(30-2)23(19)31-16-17-8-4-3-5-9-17/h3-14H,15-16H2,1-2H3,(H,25,27)/b24-14-. The van der Waals surface area contributed by atoms with Gasteiger partial charge in [-0.05, 0) is 23.8 Å². The molecule has 2 aromatic carbocycles. The van der Waals surface area contributed by atoms with Crippen LogP contribution >= 0.6 is 0 Å². The normalized spacial score (nSPS) is 10.6. The van der Waals surface area contributed by atoms with Crippen LogP contribution in [0.1, 0.15) is 11.1 Å². The van der Waals surface area contributed by atoms with Crippen LogP contribution in [0.25, 0.3) is 0 Å². The van der Waals surface area contributed by atoms with E-state index in [9.17, 15) is 9.59 Å². The van der Waals surface area contributed by atoms with E-state index < -0.39 is 5.91 Å². The summed E-state index contributed by atoms with van der Waals surface area (Å²) in [4.78, 5) is 23.7. The van der Waals surface area contributed by atoms with E-state index >= 15 is 0 Å². The highest BCUT2D eigenvalue weighted by Gasteiger charge is 2.14. The molecule has 8 heteroatoms. The Morgan fingerprint density at radius 1 is 1.03 bits per heavy atom. The first-order chi connectivity index (χ1) is 15.1. The lowest BCUT2D eigenvalue weighted by atomic mass is 10.2. The number of carbonyl (C=O) groups is 1. The molecule has 0 fully saturated rings. The molecule has 0 aliphatic carbocycles. The second-order valence-electron chi connectivity index (χ2n) is 6.49. The van der Waals surface area contributed by atoms with Crippen LogP contribution in [0.2, 0.25) is 0 Å². The second kappa shape index (κ2) is 10.6. The Labute approximate surface area is 179 Å². The van der Waals surface area contributed by atoms with Gasteiger partial charge in [0.15, 0.2) is 11.5 Å². The predicted molar refractivity (Wildman–Crippen MR) is 117 cm³/mol. The summed E-state index contributed by atoms with van der Waals surface area (Å²) in [7, 11) is 3.06. The van der Waals surface area contributed by atoms with Crippen molar-refractivity contribution in [2.75, 3.05) is 14.2 Å². The van der Waals surface area contributed by atoms with Gasteiger partial charge in [-0.2, -0.15) is 5.10 Å². The average Bonchev–Trinajstić information content (AvgIpc) is 2.79. The zero-order valence-electron chi connectivity index (χ0n) is 17.3. The number of benzene rings is 2. The number of rotatable bonds is 9. The lowest BCUT2D eigenvalue weighted by Crippen LogP contribution is -2.28. The number of ether oxygens (including phenoxy) is 3. The summed E-state index contributed by atoms with van der Waals surface area (Å²) in [6.07, 6.45) is 2.99. The summed E-state index contributed by atoms with van der Waals surface area (Å²) in [5, 5.41) is 3.95. The fourth-order valence-electron chi connectivity index (χ4n) is 2.81. The van der Waals surface area contributed by atoms with E-state index in [1.165, 1.54) is 37.3 Å². The van der Waals surface area contributed by atoms with Gasteiger partial charge in [-0.25, -0.2) is 5.43 Å². The number of hydrazone groups is 1. The van der Waals surface area contributed by atoms with Crippen LogP contribution in [-0.4, -0.2) is 30.9 Å². The Kier molecular flexibility index (Phi) is 7.42. The van der Waals surface area contributed by atoms with E-state index in [-0.39, 0.29) is 12.1 Å². The molecule has 0 aliphatic rings. The van der Waals surface area contributed by atoms with Crippen molar-refractivity contribution < 1.29 is 19.0 Å². The summed E-state index contributed by atoms with van der Waals surface area (Å²) >= 11 is 0. The molecule has 0 aliphatic heterocycles. The largest absolute Gasteiger partial charge is 0.493 e. The molecule has 0 atom stereocenters. The maximum Gasteiger partial charge on any atom is 0.260 e. The summed E-state index contributed by atoms with van der Waals surface area (Å²) in [6, 6.07) is 17.9. The van der Waals surface area contributed by atoms with Crippen LogP contribution < -0.4 is 25.2 Å². The minimum atomic E-state index is -0.425. The molecule has 3 aromatic rings. The highest BCUT2D eigenvalue weighted by Crippen LogP contribution is 2.38. The van der Waals surface area contributed by atoms with Crippen LogP contribution in [0.5, 0.6) is 17.2 Å². The molecule has 0 bridgehead atoms.